The monoisotopic (exact) mass is 472 g/mol. The second kappa shape index (κ2) is 9.93. The second-order valence-corrected chi connectivity index (χ2v) is 9.02. The first-order valence-corrected chi connectivity index (χ1v) is 12.1. The molecule has 4 aromatic rings. The Morgan fingerprint density at radius 2 is 1.88 bits per heavy atom. The van der Waals surface area contributed by atoms with Crippen LogP contribution in [-0.4, -0.2) is 45.6 Å². The van der Waals surface area contributed by atoms with Crippen molar-refractivity contribution in [1.82, 2.24) is 20.0 Å². The van der Waals surface area contributed by atoms with Gasteiger partial charge in [0.1, 0.15) is 5.69 Å². The van der Waals surface area contributed by atoms with Gasteiger partial charge in [-0.1, -0.05) is 24.3 Å². The lowest BCUT2D eigenvalue weighted by Gasteiger charge is -2.31. The molecule has 3 aromatic heterocycles. The van der Waals surface area contributed by atoms with E-state index < -0.39 is 0 Å². The molecule has 0 spiro atoms. The number of hydrogen-bond donors (Lipinski definition) is 1. The standard InChI is InChI=1S/C26H24N4O3S/c31-24(27-20-12-14-29(15-13-20)26(32)22-8-4-16-33-22)11-10-19-18-30(21-6-2-1-3-7-21)28-25(19)23-9-5-17-34-23/h1-11,16-18,20H,12-15H2,(H,27,31)/b11-10+. The average Bonchev–Trinajstić information content (AvgIpc) is 3.65. The van der Waals surface area contributed by atoms with Gasteiger partial charge in [0.2, 0.25) is 5.91 Å². The molecule has 1 saturated heterocycles. The van der Waals surface area contributed by atoms with E-state index in [1.165, 1.54) is 6.26 Å². The summed E-state index contributed by atoms with van der Waals surface area (Å²) in [6.45, 7) is 1.17. The van der Waals surface area contributed by atoms with Gasteiger partial charge in [-0.25, -0.2) is 4.68 Å². The topological polar surface area (TPSA) is 80.4 Å². The molecule has 5 rings (SSSR count). The highest BCUT2D eigenvalue weighted by molar-refractivity contribution is 7.13. The number of thiophene rings is 1. The van der Waals surface area contributed by atoms with E-state index in [1.54, 1.807) is 34.4 Å². The minimum Gasteiger partial charge on any atom is -0.459 e. The summed E-state index contributed by atoms with van der Waals surface area (Å²) in [6.07, 6.45) is 8.22. The van der Waals surface area contributed by atoms with Gasteiger partial charge in [-0.15, -0.1) is 11.3 Å². The number of nitrogens with zero attached hydrogens (tertiary/aromatic N) is 3. The summed E-state index contributed by atoms with van der Waals surface area (Å²) >= 11 is 1.61. The molecule has 0 bridgehead atoms. The van der Waals surface area contributed by atoms with Crippen LogP contribution in [0, 0.1) is 0 Å². The number of piperidine rings is 1. The van der Waals surface area contributed by atoms with Crippen molar-refractivity contribution in [2.24, 2.45) is 0 Å². The SMILES string of the molecule is O=C(/C=C/c1cn(-c2ccccc2)nc1-c1cccs1)NC1CCN(C(=O)c2ccco2)CC1. The maximum Gasteiger partial charge on any atom is 0.289 e. The summed E-state index contributed by atoms with van der Waals surface area (Å²) in [7, 11) is 0. The van der Waals surface area contributed by atoms with Crippen LogP contribution >= 0.6 is 11.3 Å². The zero-order chi connectivity index (χ0) is 23.3. The maximum atomic E-state index is 12.6. The molecule has 1 N–H and O–H groups in total. The van der Waals surface area contributed by atoms with E-state index in [0.717, 1.165) is 21.8 Å². The van der Waals surface area contributed by atoms with Crippen molar-refractivity contribution < 1.29 is 14.0 Å². The van der Waals surface area contributed by atoms with Gasteiger partial charge in [-0.05, 0) is 54.6 Å². The van der Waals surface area contributed by atoms with E-state index in [2.05, 4.69) is 5.32 Å². The predicted molar refractivity (Wildman–Crippen MR) is 132 cm³/mol. The minimum atomic E-state index is -0.152. The van der Waals surface area contributed by atoms with Gasteiger partial charge in [0.15, 0.2) is 5.76 Å². The van der Waals surface area contributed by atoms with Crippen molar-refractivity contribution in [1.29, 1.82) is 0 Å². The third-order valence-corrected chi connectivity index (χ3v) is 6.67. The molecule has 4 heterocycles. The quantitative estimate of drug-likeness (QED) is 0.415. The lowest BCUT2D eigenvalue weighted by atomic mass is 10.0. The molecule has 0 radical (unpaired) electrons. The third-order valence-electron chi connectivity index (χ3n) is 5.79. The number of hydrogen-bond acceptors (Lipinski definition) is 5. The van der Waals surface area contributed by atoms with Crippen LogP contribution in [0.5, 0.6) is 0 Å². The van der Waals surface area contributed by atoms with Gasteiger partial charge < -0.3 is 14.6 Å². The van der Waals surface area contributed by atoms with Crippen LogP contribution in [0.3, 0.4) is 0 Å². The Bertz CT molecular complexity index is 1270. The Kier molecular flexibility index (Phi) is 6.40. The molecule has 1 aliphatic heterocycles. The van der Waals surface area contributed by atoms with Crippen LogP contribution in [0.25, 0.3) is 22.3 Å². The smallest absolute Gasteiger partial charge is 0.289 e. The summed E-state index contributed by atoms with van der Waals surface area (Å²) < 4.78 is 7.04. The average molecular weight is 473 g/mol. The third kappa shape index (κ3) is 4.87. The number of carbonyl (C=O) groups is 2. The summed E-state index contributed by atoms with van der Waals surface area (Å²) in [5, 5.41) is 9.84. The van der Waals surface area contributed by atoms with Crippen LogP contribution in [0.2, 0.25) is 0 Å². The molecular weight excluding hydrogens is 448 g/mol. The maximum absolute atomic E-state index is 12.6. The molecule has 0 saturated carbocycles. The lowest BCUT2D eigenvalue weighted by molar-refractivity contribution is -0.117. The van der Waals surface area contributed by atoms with Crippen molar-refractivity contribution >= 4 is 29.2 Å². The van der Waals surface area contributed by atoms with Crippen LogP contribution in [0.4, 0.5) is 0 Å². The molecule has 0 aliphatic carbocycles. The fourth-order valence-corrected chi connectivity index (χ4v) is 4.76. The molecular formula is C26H24N4O3S. The molecule has 7 nitrogen and oxygen atoms in total. The number of furan rings is 1. The number of nitrogens with one attached hydrogen (secondary N) is 1. The first kappa shape index (κ1) is 21.9. The van der Waals surface area contributed by atoms with Gasteiger partial charge in [0.25, 0.3) is 5.91 Å². The van der Waals surface area contributed by atoms with Gasteiger partial charge >= 0.3 is 0 Å². The van der Waals surface area contributed by atoms with Crippen LogP contribution < -0.4 is 5.32 Å². The van der Waals surface area contributed by atoms with Crippen LogP contribution in [0.15, 0.2) is 82.9 Å². The molecule has 1 aromatic carbocycles. The van der Waals surface area contributed by atoms with Crippen molar-refractivity contribution in [3.63, 3.8) is 0 Å². The molecule has 1 aliphatic rings. The number of rotatable bonds is 6. The Morgan fingerprint density at radius 1 is 1.06 bits per heavy atom. The Balaban J connectivity index is 1.23. The van der Waals surface area contributed by atoms with E-state index in [4.69, 9.17) is 9.52 Å². The Hall–Kier alpha value is -3.91. The summed E-state index contributed by atoms with van der Waals surface area (Å²) in [5.74, 6) is 0.0922. The Morgan fingerprint density at radius 3 is 2.59 bits per heavy atom. The number of aromatic nitrogens is 2. The van der Waals surface area contributed by atoms with E-state index in [0.29, 0.717) is 31.7 Å². The summed E-state index contributed by atoms with van der Waals surface area (Å²) in [6, 6.07) is 17.3. The van der Waals surface area contributed by atoms with Gasteiger partial charge in [0.05, 0.1) is 16.8 Å². The molecule has 0 atom stereocenters. The predicted octanol–water partition coefficient (Wildman–Crippen LogP) is 4.63. The largest absolute Gasteiger partial charge is 0.459 e. The van der Waals surface area contributed by atoms with Crippen molar-refractivity contribution in [3.05, 3.63) is 89.8 Å². The zero-order valence-corrected chi connectivity index (χ0v) is 19.3. The number of amides is 2. The summed E-state index contributed by atoms with van der Waals surface area (Å²) in [5.41, 5.74) is 2.67. The summed E-state index contributed by atoms with van der Waals surface area (Å²) in [4.78, 5) is 27.9. The zero-order valence-electron chi connectivity index (χ0n) is 18.5. The van der Waals surface area contributed by atoms with Crippen molar-refractivity contribution in [2.75, 3.05) is 13.1 Å². The number of benzene rings is 1. The van der Waals surface area contributed by atoms with Crippen LogP contribution in [-0.2, 0) is 4.79 Å². The van der Waals surface area contributed by atoms with Crippen LogP contribution in [0.1, 0.15) is 29.0 Å². The highest BCUT2D eigenvalue weighted by Crippen LogP contribution is 2.28. The van der Waals surface area contributed by atoms with E-state index in [-0.39, 0.29) is 17.9 Å². The van der Waals surface area contributed by atoms with Gasteiger partial charge in [0, 0.05) is 37.0 Å². The van der Waals surface area contributed by atoms with Crippen molar-refractivity contribution in [2.45, 2.75) is 18.9 Å². The number of para-hydroxylation sites is 1. The molecule has 34 heavy (non-hydrogen) atoms. The van der Waals surface area contributed by atoms with E-state index in [1.807, 2.05) is 64.8 Å². The first-order valence-electron chi connectivity index (χ1n) is 11.2. The fraction of sp³-hybridized carbons (Fsp3) is 0.192. The minimum absolute atomic E-state index is 0.0293. The first-order chi connectivity index (χ1) is 16.7. The lowest BCUT2D eigenvalue weighted by Crippen LogP contribution is -2.46. The molecule has 172 valence electrons. The molecule has 1 fully saturated rings. The molecule has 0 unspecified atom stereocenters. The Labute approximate surface area is 201 Å². The van der Waals surface area contributed by atoms with E-state index in [9.17, 15) is 9.59 Å². The highest BCUT2D eigenvalue weighted by Gasteiger charge is 2.25. The fourth-order valence-electron chi connectivity index (χ4n) is 4.02. The second-order valence-electron chi connectivity index (χ2n) is 8.08. The molecule has 2 amide bonds. The number of carbonyl (C=O) groups excluding carboxylic acids is 2. The van der Waals surface area contributed by atoms with Crippen molar-refractivity contribution in [3.8, 4) is 16.3 Å². The van der Waals surface area contributed by atoms with Gasteiger partial charge in [-0.2, -0.15) is 5.10 Å². The molecule has 8 heteroatoms. The van der Waals surface area contributed by atoms with Gasteiger partial charge in [-0.3, -0.25) is 9.59 Å². The normalized spacial score (nSPS) is 14.5. The van der Waals surface area contributed by atoms with E-state index >= 15 is 0 Å². The highest BCUT2D eigenvalue weighted by atomic mass is 32.1. The number of likely N-dealkylation sites (tertiary alicyclic amines) is 1.